The molecule has 0 aliphatic heterocycles. The van der Waals surface area contributed by atoms with Crippen molar-refractivity contribution in [3.8, 4) is 0 Å². The summed E-state index contributed by atoms with van der Waals surface area (Å²) in [7, 11) is 0. The Hall–Kier alpha value is -2.57. The van der Waals surface area contributed by atoms with Gasteiger partial charge in [0.05, 0.1) is 6.04 Å². The van der Waals surface area contributed by atoms with E-state index in [1.165, 1.54) is 0 Å². The summed E-state index contributed by atoms with van der Waals surface area (Å²) in [6.45, 7) is 7.38. The van der Waals surface area contributed by atoms with Gasteiger partial charge in [-0.1, -0.05) is 13.8 Å². The Morgan fingerprint density at radius 3 is 2.84 bits per heavy atom. The highest BCUT2D eigenvalue weighted by Crippen LogP contribution is 2.41. The van der Waals surface area contributed by atoms with Gasteiger partial charge in [-0.05, 0) is 30.9 Å². The lowest BCUT2D eigenvalue weighted by molar-refractivity contribution is 0.215. The largest absolute Gasteiger partial charge is 0.466 e. The minimum atomic E-state index is -0.178. The molecule has 1 atom stereocenters. The van der Waals surface area contributed by atoms with Gasteiger partial charge in [-0.25, -0.2) is 14.8 Å². The summed E-state index contributed by atoms with van der Waals surface area (Å²) >= 11 is 0. The molecule has 0 saturated carbocycles. The zero-order valence-electron chi connectivity index (χ0n) is 14.9. The molecular weight excluding hydrogens is 318 g/mol. The molecule has 3 N–H and O–H groups in total. The second-order valence-corrected chi connectivity index (χ2v) is 7.23. The lowest BCUT2D eigenvalue weighted by Gasteiger charge is -2.34. The van der Waals surface area contributed by atoms with Crippen LogP contribution in [-0.4, -0.2) is 29.1 Å². The zero-order valence-corrected chi connectivity index (χ0v) is 14.9. The molecule has 1 aliphatic rings. The fraction of sp³-hybridized carbons (Fsp3) is 0.500. The van der Waals surface area contributed by atoms with E-state index < -0.39 is 0 Å². The molecule has 0 saturated heterocycles. The van der Waals surface area contributed by atoms with Crippen LogP contribution >= 0.6 is 0 Å². The Labute approximate surface area is 147 Å². The molecule has 25 heavy (non-hydrogen) atoms. The van der Waals surface area contributed by atoms with Crippen LogP contribution in [0.2, 0.25) is 0 Å². The fourth-order valence-corrected chi connectivity index (χ4v) is 3.26. The second kappa shape index (κ2) is 7.13. The van der Waals surface area contributed by atoms with Crippen LogP contribution < -0.4 is 16.0 Å². The molecule has 134 valence electrons. The van der Waals surface area contributed by atoms with Crippen LogP contribution in [0.1, 0.15) is 43.4 Å². The van der Waals surface area contributed by atoms with Gasteiger partial charge in [0.2, 0.25) is 5.95 Å². The van der Waals surface area contributed by atoms with Gasteiger partial charge in [-0.15, -0.1) is 0 Å². The molecule has 0 aromatic carbocycles. The van der Waals surface area contributed by atoms with Crippen LogP contribution in [0.4, 0.5) is 10.7 Å². The molecule has 1 unspecified atom stereocenters. The predicted molar refractivity (Wildman–Crippen MR) is 95.3 cm³/mol. The van der Waals surface area contributed by atoms with Crippen molar-refractivity contribution in [1.82, 2.24) is 20.6 Å². The minimum Gasteiger partial charge on any atom is -0.466 e. The summed E-state index contributed by atoms with van der Waals surface area (Å²) < 4.78 is 5.81. The quantitative estimate of drug-likeness (QED) is 0.726. The molecule has 2 aromatic heterocycles. The first-order valence-corrected chi connectivity index (χ1v) is 8.57. The average Bonchev–Trinajstić information content (AvgIpc) is 2.91. The molecule has 0 radical (unpaired) electrons. The standard InChI is InChI=1S/C18H25N5O2/c1-12-9-13-14(10-18(2,3)11-15(13)25-12)23-17(24)22-8-7-21-16-19-5-4-6-20-16/h4-6,9,14H,7-8,10-11H2,1-3H3,(H,19,20,21)(H2,22,23,24). The molecule has 0 spiro atoms. The number of anilines is 1. The number of aryl methyl sites for hydroxylation is 1. The number of nitrogens with zero attached hydrogens (tertiary/aromatic N) is 2. The highest BCUT2D eigenvalue weighted by Gasteiger charge is 2.35. The topological polar surface area (TPSA) is 92.1 Å². The van der Waals surface area contributed by atoms with Gasteiger partial charge in [0.1, 0.15) is 11.5 Å². The maximum absolute atomic E-state index is 12.2. The molecule has 0 bridgehead atoms. The number of urea groups is 1. The number of nitrogens with one attached hydrogen (secondary N) is 3. The van der Waals surface area contributed by atoms with E-state index in [1.807, 2.05) is 13.0 Å². The van der Waals surface area contributed by atoms with Crippen molar-refractivity contribution in [2.75, 3.05) is 18.4 Å². The number of amides is 2. The number of carbonyl (C=O) groups is 1. The van der Waals surface area contributed by atoms with Crippen molar-refractivity contribution < 1.29 is 9.21 Å². The Morgan fingerprint density at radius 2 is 2.08 bits per heavy atom. The lowest BCUT2D eigenvalue weighted by atomic mass is 9.75. The first-order chi connectivity index (χ1) is 11.9. The molecule has 0 fully saturated rings. The third-order valence-electron chi connectivity index (χ3n) is 4.30. The van der Waals surface area contributed by atoms with Crippen LogP contribution in [-0.2, 0) is 6.42 Å². The van der Waals surface area contributed by atoms with Crippen LogP contribution in [0.3, 0.4) is 0 Å². The first kappa shape index (κ1) is 17.3. The van der Waals surface area contributed by atoms with Crippen molar-refractivity contribution in [3.05, 3.63) is 41.6 Å². The van der Waals surface area contributed by atoms with Gasteiger partial charge in [0.15, 0.2) is 0 Å². The summed E-state index contributed by atoms with van der Waals surface area (Å²) in [5.41, 5.74) is 1.20. The SMILES string of the molecule is Cc1cc2c(o1)CC(C)(C)CC2NC(=O)NCCNc1ncccn1. The van der Waals surface area contributed by atoms with E-state index in [9.17, 15) is 4.79 Å². The minimum absolute atomic E-state index is 0.0263. The molecule has 7 nitrogen and oxygen atoms in total. The van der Waals surface area contributed by atoms with Crippen LogP contribution in [0.15, 0.2) is 28.9 Å². The molecule has 7 heteroatoms. The summed E-state index contributed by atoms with van der Waals surface area (Å²) in [5, 5.41) is 9.00. The highest BCUT2D eigenvalue weighted by atomic mass is 16.3. The molecule has 2 amide bonds. The number of furan rings is 1. The summed E-state index contributed by atoms with van der Waals surface area (Å²) in [6.07, 6.45) is 5.13. The summed E-state index contributed by atoms with van der Waals surface area (Å²) in [6, 6.07) is 3.59. The zero-order chi connectivity index (χ0) is 17.9. The number of fused-ring (bicyclic) bond motifs is 1. The molecular formula is C18H25N5O2. The highest BCUT2D eigenvalue weighted by molar-refractivity contribution is 5.74. The maximum atomic E-state index is 12.2. The van der Waals surface area contributed by atoms with Crippen molar-refractivity contribution in [2.45, 2.75) is 39.7 Å². The molecule has 2 heterocycles. The van der Waals surface area contributed by atoms with Crippen molar-refractivity contribution in [2.24, 2.45) is 5.41 Å². The smallest absolute Gasteiger partial charge is 0.315 e. The monoisotopic (exact) mass is 343 g/mol. The normalized spacial score (nSPS) is 18.3. The van der Waals surface area contributed by atoms with E-state index in [-0.39, 0.29) is 17.5 Å². The van der Waals surface area contributed by atoms with Crippen LogP contribution in [0, 0.1) is 12.3 Å². The van der Waals surface area contributed by atoms with Gasteiger partial charge in [0, 0.05) is 37.5 Å². The van der Waals surface area contributed by atoms with E-state index in [2.05, 4.69) is 39.8 Å². The fourth-order valence-electron chi connectivity index (χ4n) is 3.26. The van der Waals surface area contributed by atoms with Gasteiger partial charge < -0.3 is 20.4 Å². The van der Waals surface area contributed by atoms with Gasteiger partial charge in [-0.2, -0.15) is 0 Å². The lowest BCUT2D eigenvalue weighted by Crippen LogP contribution is -2.42. The van der Waals surface area contributed by atoms with Crippen molar-refractivity contribution >= 4 is 12.0 Å². The predicted octanol–water partition coefficient (Wildman–Crippen LogP) is 2.80. The van der Waals surface area contributed by atoms with E-state index in [1.54, 1.807) is 18.5 Å². The second-order valence-electron chi connectivity index (χ2n) is 7.23. The Balaban J connectivity index is 1.50. The molecule has 1 aliphatic carbocycles. The average molecular weight is 343 g/mol. The number of hydrogen-bond acceptors (Lipinski definition) is 5. The molecule has 2 aromatic rings. The van der Waals surface area contributed by atoms with Gasteiger partial charge in [0.25, 0.3) is 0 Å². The number of rotatable bonds is 5. The van der Waals surface area contributed by atoms with E-state index in [0.29, 0.717) is 19.0 Å². The van der Waals surface area contributed by atoms with Crippen LogP contribution in [0.25, 0.3) is 0 Å². The van der Waals surface area contributed by atoms with Crippen LogP contribution in [0.5, 0.6) is 0 Å². The van der Waals surface area contributed by atoms with E-state index in [0.717, 1.165) is 29.9 Å². The third-order valence-corrected chi connectivity index (χ3v) is 4.30. The number of hydrogen-bond donors (Lipinski definition) is 3. The summed E-state index contributed by atoms with van der Waals surface area (Å²) in [5.74, 6) is 2.43. The van der Waals surface area contributed by atoms with Gasteiger partial charge in [-0.3, -0.25) is 0 Å². The maximum Gasteiger partial charge on any atom is 0.315 e. The Kier molecular flexibility index (Phi) is 4.92. The van der Waals surface area contributed by atoms with E-state index >= 15 is 0 Å². The van der Waals surface area contributed by atoms with Gasteiger partial charge >= 0.3 is 6.03 Å². The molecule has 3 rings (SSSR count). The first-order valence-electron chi connectivity index (χ1n) is 8.57. The number of carbonyl (C=O) groups excluding carboxylic acids is 1. The summed E-state index contributed by atoms with van der Waals surface area (Å²) in [4.78, 5) is 20.4. The van der Waals surface area contributed by atoms with E-state index in [4.69, 9.17) is 4.42 Å². The Bertz CT molecular complexity index is 726. The van der Waals surface area contributed by atoms with Crippen molar-refractivity contribution in [1.29, 1.82) is 0 Å². The number of aromatic nitrogens is 2. The Morgan fingerprint density at radius 1 is 1.32 bits per heavy atom. The third kappa shape index (κ3) is 4.49. The van der Waals surface area contributed by atoms with Crippen molar-refractivity contribution in [3.63, 3.8) is 0 Å².